The van der Waals surface area contributed by atoms with E-state index < -0.39 is 22.8 Å². The van der Waals surface area contributed by atoms with Crippen LogP contribution < -0.4 is 21.6 Å². The Labute approximate surface area is 166 Å². The predicted molar refractivity (Wildman–Crippen MR) is 109 cm³/mol. The monoisotopic (exact) mass is 398 g/mol. The number of nitrogens with two attached hydrogens (primary N) is 2. The molecule has 0 unspecified atom stereocenters. The first-order valence-electron chi connectivity index (χ1n) is 8.94. The van der Waals surface area contributed by atoms with E-state index in [1.807, 2.05) is 38.1 Å². The van der Waals surface area contributed by atoms with Crippen molar-refractivity contribution in [2.75, 3.05) is 18.9 Å². The lowest BCUT2D eigenvalue weighted by molar-refractivity contribution is 0.0662. The van der Waals surface area contributed by atoms with Crippen LogP contribution in [0.2, 0.25) is 0 Å². The lowest BCUT2D eigenvalue weighted by Crippen LogP contribution is -2.30. The van der Waals surface area contributed by atoms with Gasteiger partial charge in [-0.2, -0.15) is 0 Å². The van der Waals surface area contributed by atoms with Gasteiger partial charge in [-0.15, -0.1) is 0 Å². The zero-order valence-corrected chi connectivity index (χ0v) is 16.1. The maximum absolute atomic E-state index is 12.4. The summed E-state index contributed by atoms with van der Waals surface area (Å²) >= 11 is 0. The Balaban J connectivity index is 0.000000552. The van der Waals surface area contributed by atoms with Crippen molar-refractivity contribution >= 4 is 22.6 Å². The highest BCUT2D eigenvalue weighted by Gasteiger charge is 2.34. The van der Waals surface area contributed by atoms with Gasteiger partial charge in [0.05, 0.1) is 12.0 Å². The molecule has 0 saturated carbocycles. The molecule has 2 heterocycles. The summed E-state index contributed by atoms with van der Waals surface area (Å²) in [7, 11) is 0. The number of carboxylic acids is 1. The molecule has 0 aliphatic carbocycles. The Morgan fingerprint density at radius 1 is 1.17 bits per heavy atom. The second-order valence-corrected chi connectivity index (χ2v) is 6.99. The number of carbonyl (C=O) groups is 1. The molecule has 0 fully saturated rings. The highest BCUT2D eigenvalue weighted by atomic mass is 16.5. The van der Waals surface area contributed by atoms with E-state index in [4.69, 9.17) is 30.8 Å². The molecule has 0 bridgehead atoms. The van der Waals surface area contributed by atoms with Gasteiger partial charge < -0.3 is 30.8 Å². The Bertz CT molecular complexity index is 1150. The maximum atomic E-state index is 12.4. The molecule has 29 heavy (non-hydrogen) atoms. The summed E-state index contributed by atoms with van der Waals surface area (Å²) in [6.45, 7) is 4.31. The van der Waals surface area contributed by atoms with E-state index in [1.54, 1.807) is 6.07 Å². The van der Waals surface area contributed by atoms with Crippen LogP contribution >= 0.6 is 0 Å². The predicted octanol–water partition coefficient (Wildman–Crippen LogP) is 2.31. The zero-order chi connectivity index (χ0) is 21.3. The fraction of sp³-hybridized carbons (Fsp3) is 0.238. The first-order chi connectivity index (χ1) is 13.7. The topological polar surface area (TPSA) is 149 Å². The van der Waals surface area contributed by atoms with E-state index in [0.29, 0.717) is 17.9 Å². The minimum absolute atomic E-state index is 0.0267. The number of hydrogen-bond donors (Lipinski definition) is 4. The molecule has 0 amide bonds. The third-order valence-corrected chi connectivity index (χ3v) is 4.57. The Morgan fingerprint density at radius 2 is 1.83 bits per heavy atom. The lowest BCUT2D eigenvalue weighted by Gasteiger charge is -2.35. The second kappa shape index (κ2) is 7.57. The van der Waals surface area contributed by atoms with Gasteiger partial charge in [-0.05, 0) is 25.5 Å². The molecule has 3 aromatic rings. The van der Waals surface area contributed by atoms with Crippen molar-refractivity contribution in [3.63, 3.8) is 0 Å². The molecule has 4 rings (SSSR count). The number of rotatable bonds is 2. The Kier molecular flexibility index (Phi) is 5.32. The van der Waals surface area contributed by atoms with Gasteiger partial charge in [0.25, 0.3) is 0 Å². The molecule has 0 atom stereocenters. The number of fused-ring (bicyclic) bond motifs is 4. The average Bonchev–Trinajstić information content (AvgIpc) is 2.69. The molecule has 2 aromatic carbocycles. The van der Waals surface area contributed by atoms with Crippen molar-refractivity contribution in [1.29, 1.82) is 0 Å². The van der Waals surface area contributed by atoms with Crippen LogP contribution in [0, 0.1) is 0 Å². The van der Waals surface area contributed by atoms with Gasteiger partial charge in [-0.25, -0.2) is 4.79 Å². The van der Waals surface area contributed by atoms with Crippen LogP contribution in [0.3, 0.4) is 0 Å². The number of aliphatic hydroxyl groups excluding tert-OH is 1. The van der Waals surface area contributed by atoms with Gasteiger partial charge in [-0.1, -0.05) is 24.3 Å². The van der Waals surface area contributed by atoms with Crippen LogP contribution in [0.1, 0.15) is 30.0 Å². The summed E-state index contributed by atoms with van der Waals surface area (Å²) in [5.74, 6) is -1.40. The molecule has 8 heteroatoms. The van der Waals surface area contributed by atoms with Crippen LogP contribution in [0.4, 0.5) is 5.69 Å². The normalized spacial score (nSPS) is 13.5. The number of anilines is 1. The van der Waals surface area contributed by atoms with Crippen molar-refractivity contribution in [3.8, 4) is 16.9 Å². The zero-order valence-electron chi connectivity index (χ0n) is 16.1. The number of ether oxygens (including phenoxy) is 1. The molecule has 6 N–H and O–H groups in total. The van der Waals surface area contributed by atoms with Gasteiger partial charge in [0, 0.05) is 23.7 Å². The molecular formula is C21H22N2O6. The fourth-order valence-electron chi connectivity index (χ4n) is 3.27. The van der Waals surface area contributed by atoms with Crippen LogP contribution in [-0.4, -0.2) is 29.3 Å². The van der Waals surface area contributed by atoms with E-state index in [0.717, 1.165) is 17.2 Å². The largest absolute Gasteiger partial charge is 0.480 e. The highest BCUT2D eigenvalue weighted by molar-refractivity contribution is 6.00. The average molecular weight is 398 g/mol. The quantitative estimate of drug-likeness (QED) is 0.480. The Morgan fingerprint density at radius 3 is 2.45 bits per heavy atom. The first-order valence-corrected chi connectivity index (χ1v) is 8.94. The maximum Gasteiger partial charge on any atom is 0.371 e. The van der Waals surface area contributed by atoms with Crippen LogP contribution in [-0.2, 0) is 5.60 Å². The van der Waals surface area contributed by atoms with Crippen molar-refractivity contribution < 1.29 is 24.2 Å². The molecule has 8 nitrogen and oxygen atoms in total. The summed E-state index contributed by atoms with van der Waals surface area (Å²) in [6, 6.07) is 10.3. The number of hydrogen-bond acceptors (Lipinski definition) is 7. The van der Waals surface area contributed by atoms with Crippen LogP contribution in [0.5, 0.6) is 5.75 Å². The summed E-state index contributed by atoms with van der Waals surface area (Å²) in [5, 5.41) is 17.1. The molecule has 0 saturated heterocycles. The van der Waals surface area contributed by atoms with Crippen LogP contribution in [0.25, 0.3) is 22.1 Å². The number of benzene rings is 2. The van der Waals surface area contributed by atoms with Gasteiger partial charge in [0.1, 0.15) is 11.3 Å². The first kappa shape index (κ1) is 20.4. The SMILES string of the molecule is CC1(C)Oc2c(cc3c(=O)cc(C(=O)O)oc3c2N)-c2ccccc21.NCCO. The molecule has 0 spiro atoms. The minimum atomic E-state index is -1.33. The molecule has 1 aliphatic heterocycles. The fourth-order valence-corrected chi connectivity index (χ4v) is 3.27. The molecule has 0 radical (unpaired) electrons. The van der Waals surface area contributed by atoms with Crippen molar-refractivity contribution in [2.45, 2.75) is 19.4 Å². The van der Waals surface area contributed by atoms with E-state index in [1.165, 1.54) is 0 Å². The summed E-state index contributed by atoms with van der Waals surface area (Å²) < 4.78 is 11.4. The van der Waals surface area contributed by atoms with Crippen molar-refractivity contribution in [3.05, 3.63) is 57.9 Å². The molecular weight excluding hydrogens is 376 g/mol. The summed E-state index contributed by atoms with van der Waals surface area (Å²) in [5.41, 5.74) is 12.6. The molecule has 1 aliphatic rings. The standard InChI is InChI=1S/C19H15NO5.C2H7NO/c1-19(2)12-6-4-3-5-9(12)10-7-11-13(21)8-14(18(22)23)24-16(11)15(20)17(10)25-19;3-1-2-4/h3-8H,20H2,1-2H3,(H,22,23);4H,1-3H2. The Hall–Kier alpha value is -3.36. The second-order valence-electron chi connectivity index (χ2n) is 6.99. The van der Waals surface area contributed by atoms with Crippen molar-refractivity contribution in [1.82, 2.24) is 0 Å². The van der Waals surface area contributed by atoms with Gasteiger partial charge in [0.15, 0.2) is 16.8 Å². The van der Waals surface area contributed by atoms with E-state index >= 15 is 0 Å². The number of aromatic carboxylic acids is 1. The minimum Gasteiger partial charge on any atom is -0.480 e. The smallest absolute Gasteiger partial charge is 0.371 e. The van der Waals surface area contributed by atoms with Crippen molar-refractivity contribution in [2.24, 2.45) is 5.73 Å². The number of nitrogen functional groups attached to an aromatic ring is 1. The van der Waals surface area contributed by atoms with Crippen LogP contribution in [0.15, 0.2) is 45.6 Å². The van der Waals surface area contributed by atoms with Gasteiger partial charge in [-0.3, -0.25) is 4.79 Å². The van der Waals surface area contributed by atoms with E-state index in [-0.39, 0.29) is 23.3 Å². The third kappa shape index (κ3) is 3.55. The van der Waals surface area contributed by atoms with Gasteiger partial charge in [0.2, 0.25) is 5.76 Å². The lowest BCUT2D eigenvalue weighted by atomic mass is 9.85. The summed E-state index contributed by atoms with van der Waals surface area (Å²) in [4.78, 5) is 23.5. The molecule has 152 valence electrons. The summed E-state index contributed by atoms with van der Waals surface area (Å²) in [6.07, 6.45) is 0. The number of aliphatic hydroxyl groups is 1. The third-order valence-electron chi connectivity index (χ3n) is 4.57. The van der Waals surface area contributed by atoms with E-state index in [9.17, 15) is 9.59 Å². The highest BCUT2D eigenvalue weighted by Crippen LogP contribution is 2.49. The van der Waals surface area contributed by atoms with Gasteiger partial charge >= 0.3 is 5.97 Å². The van der Waals surface area contributed by atoms with E-state index in [2.05, 4.69) is 0 Å². The molecule has 1 aromatic heterocycles. The number of carboxylic acid groups (broad SMARTS) is 1.